The standard InChI is InChI=1S/C20H22N4O4/c1-26-13-7-12(8-13)15-11-24-10-14(16(27-2)9-18(24)21-15)20(25)23-17-5-4-6-19(22-17)28-3/h4-6,9-13H,7-8H2,1-3H3,(H,22,23,25). The molecule has 1 aliphatic carbocycles. The molecule has 28 heavy (non-hydrogen) atoms. The molecule has 0 spiro atoms. The molecule has 1 N–H and O–H groups in total. The van der Waals surface area contributed by atoms with E-state index in [4.69, 9.17) is 14.2 Å². The average molecular weight is 382 g/mol. The zero-order valence-electron chi connectivity index (χ0n) is 16.0. The Morgan fingerprint density at radius 1 is 1.14 bits per heavy atom. The molecule has 0 aliphatic heterocycles. The average Bonchev–Trinajstić information content (AvgIpc) is 3.08. The number of hydrogen-bond acceptors (Lipinski definition) is 6. The Bertz CT molecular complexity index is 1010. The van der Waals surface area contributed by atoms with Crippen LogP contribution in [0, 0.1) is 0 Å². The highest BCUT2D eigenvalue weighted by atomic mass is 16.5. The molecule has 0 unspecified atom stereocenters. The van der Waals surface area contributed by atoms with Crippen molar-refractivity contribution in [3.05, 3.63) is 47.9 Å². The highest BCUT2D eigenvalue weighted by molar-refractivity contribution is 6.05. The van der Waals surface area contributed by atoms with E-state index < -0.39 is 0 Å². The number of hydrogen-bond donors (Lipinski definition) is 1. The van der Waals surface area contributed by atoms with Crippen molar-refractivity contribution in [3.63, 3.8) is 0 Å². The molecule has 1 aliphatic rings. The number of anilines is 1. The van der Waals surface area contributed by atoms with E-state index in [9.17, 15) is 4.79 Å². The van der Waals surface area contributed by atoms with Gasteiger partial charge < -0.3 is 23.9 Å². The Kier molecular flexibility index (Phi) is 4.87. The van der Waals surface area contributed by atoms with Gasteiger partial charge in [0.1, 0.15) is 17.2 Å². The van der Waals surface area contributed by atoms with Gasteiger partial charge >= 0.3 is 0 Å². The fourth-order valence-corrected chi connectivity index (χ4v) is 3.35. The summed E-state index contributed by atoms with van der Waals surface area (Å²) < 4.78 is 17.7. The van der Waals surface area contributed by atoms with E-state index in [1.165, 1.54) is 14.2 Å². The van der Waals surface area contributed by atoms with Gasteiger partial charge in [-0.1, -0.05) is 6.07 Å². The van der Waals surface area contributed by atoms with E-state index in [1.54, 1.807) is 37.6 Å². The van der Waals surface area contributed by atoms with Crippen molar-refractivity contribution in [1.29, 1.82) is 0 Å². The lowest BCUT2D eigenvalue weighted by molar-refractivity contribution is 0.0249. The normalized spacial score (nSPS) is 18.5. The lowest BCUT2D eigenvalue weighted by atomic mass is 9.80. The van der Waals surface area contributed by atoms with Gasteiger partial charge in [0, 0.05) is 37.6 Å². The number of pyridine rings is 2. The first-order valence-corrected chi connectivity index (χ1v) is 9.03. The summed E-state index contributed by atoms with van der Waals surface area (Å²) in [6.45, 7) is 0. The van der Waals surface area contributed by atoms with Gasteiger partial charge in [0.05, 0.1) is 31.6 Å². The molecule has 3 heterocycles. The predicted molar refractivity (Wildman–Crippen MR) is 103 cm³/mol. The second-order valence-corrected chi connectivity index (χ2v) is 6.73. The zero-order chi connectivity index (χ0) is 19.7. The quantitative estimate of drug-likeness (QED) is 0.705. The van der Waals surface area contributed by atoms with Crippen molar-refractivity contribution in [3.8, 4) is 11.6 Å². The molecule has 1 amide bonds. The van der Waals surface area contributed by atoms with Crippen LogP contribution >= 0.6 is 0 Å². The predicted octanol–water partition coefficient (Wildman–Crippen LogP) is 2.89. The second-order valence-electron chi connectivity index (χ2n) is 6.73. The van der Waals surface area contributed by atoms with Crippen molar-refractivity contribution >= 4 is 17.4 Å². The van der Waals surface area contributed by atoms with E-state index in [2.05, 4.69) is 15.3 Å². The maximum Gasteiger partial charge on any atom is 0.262 e. The summed E-state index contributed by atoms with van der Waals surface area (Å²) in [5.41, 5.74) is 2.14. The first-order valence-electron chi connectivity index (χ1n) is 9.03. The van der Waals surface area contributed by atoms with Gasteiger partial charge in [-0.25, -0.2) is 4.98 Å². The van der Waals surface area contributed by atoms with Crippen LogP contribution in [0.5, 0.6) is 11.6 Å². The number of methoxy groups -OCH3 is 3. The Balaban J connectivity index is 1.61. The van der Waals surface area contributed by atoms with Crippen LogP contribution in [-0.4, -0.2) is 47.7 Å². The maximum atomic E-state index is 12.8. The Hall–Kier alpha value is -3.13. The van der Waals surface area contributed by atoms with E-state index in [-0.39, 0.29) is 5.91 Å². The first-order chi connectivity index (χ1) is 13.6. The van der Waals surface area contributed by atoms with Gasteiger partial charge in [0.2, 0.25) is 5.88 Å². The van der Waals surface area contributed by atoms with Crippen LogP contribution in [-0.2, 0) is 4.74 Å². The molecule has 3 aromatic heterocycles. The molecule has 1 fully saturated rings. The number of nitrogens with one attached hydrogen (secondary N) is 1. The Morgan fingerprint density at radius 2 is 1.96 bits per heavy atom. The third kappa shape index (κ3) is 3.38. The monoisotopic (exact) mass is 382 g/mol. The van der Waals surface area contributed by atoms with Crippen LogP contribution in [0.15, 0.2) is 36.7 Å². The molecule has 3 aromatic rings. The van der Waals surface area contributed by atoms with Gasteiger partial charge in [-0.3, -0.25) is 4.79 Å². The first kappa shape index (κ1) is 18.2. The number of fused-ring (bicyclic) bond motifs is 1. The minimum atomic E-state index is -0.321. The van der Waals surface area contributed by atoms with Crippen LogP contribution in [0.1, 0.15) is 34.8 Å². The lowest BCUT2D eigenvalue weighted by Gasteiger charge is -2.32. The van der Waals surface area contributed by atoms with Gasteiger partial charge in [0.15, 0.2) is 0 Å². The van der Waals surface area contributed by atoms with Crippen molar-refractivity contribution in [1.82, 2.24) is 14.4 Å². The summed E-state index contributed by atoms with van der Waals surface area (Å²) in [5, 5.41) is 2.78. The van der Waals surface area contributed by atoms with Crippen molar-refractivity contribution < 1.29 is 19.0 Å². The van der Waals surface area contributed by atoms with E-state index in [0.717, 1.165) is 24.2 Å². The van der Waals surface area contributed by atoms with Crippen LogP contribution < -0.4 is 14.8 Å². The van der Waals surface area contributed by atoms with Gasteiger partial charge in [-0.05, 0) is 18.9 Å². The molecule has 4 rings (SSSR count). The maximum absolute atomic E-state index is 12.8. The molecule has 8 heteroatoms. The molecular weight excluding hydrogens is 360 g/mol. The second kappa shape index (κ2) is 7.47. The number of imidazole rings is 1. The zero-order valence-corrected chi connectivity index (χ0v) is 16.0. The summed E-state index contributed by atoms with van der Waals surface area (Å²) in [5.74, 6) is 1.34. The summed E-state index contributed by atoms with van der Waals surface area (Å²) in [6, 6.07) is 6.94. The fourth-order valence-electron chi connectivity index (χ4n) is 3.35. The number of amides is 1. The smallest absolute Gasteiger partial charge is 0.262 e. The van der Waals surface area contributed by atoms with Crippen LogP contribution in [0.2, 0.25) is 0 Å². The highest BCUT2D eigenvalue weighted by Crippen LogP contribution is 2.38. The van der Waals surface area contributed by atoms with Crippen molar-refractivity contribution in [2.75, 3.05) is 26.6 Å². The van der Waals surface area contributed by atoms with Crippen molar-refractivity contribution in [2.45, 2.75) is 24.9 Å². The molecule has 0 bridgehead atoms. The number of ether oxygens (including phenoxy) is 3. The largest absolute Gasteiger partial charge is 0.496 e. The number of carbonyl (C=O) groups is 1. The van der Waals surface area contributed by atoms with Crippen LogP contribution in [0.4, 0.5) is 5.82 Å². The Labute approximate surface area is 162 Å². The molecular formula is C20H22N4O4. The minimum absolute atomic E-state index is 0.307. The van der Waals surface area contributed by atoms with E-state index in [0.29, 0.717) is 35.0 Å². The molecule has 8 nitrogen and oxygen atoms in total. The molecule has 0 radical (unpaired) electrons. The van der Waals surface area contributed by atoms with E-state index >= 15 is 0 Å². The number of rotatable bonds is 6. The number of carbonyl (C=O) groups excluding carboxylic acids is 1. The van der Waals surface area contributed by atoms with Crippen LogP contribution in [0.25, 0.3) is 5.65 Å². The summed E-state index contributed by atoms with van der Waals surface area (Å²) in [6.07, 6.45) is 5.93. The van der Waals surface area contributed by atoms with Crippen molar-refractivity contribution in [2.24, 2.45) is 0 Å². The molecule has 0 saturated heterocycles. The minimum Gasteiger partial charge on any atom is -0.496 e. The van der Waals surface area contributed by atoms with Crippen LogP contribution in [0.3, 0.4) is 0 Å². The highest BCUT2D eigenvalue weighted by Gasteiger charge is 2.32. The van der Waals surface area contributed by atoms with Gasteiger partial charge in [-0.15, -0.1) is 0 Å². The topological polar surface area (TPSA) is 87.0 Å². The molecule has 146 valence electrons. The fraction of sp³-hybridized carbons (Fsp3) is 0.350. The summed E-state index contributed by atoms with van der Waals surface area (Å²) in [4.78, 5) is 21.7. The molecule has 0 aromatic carbocycles. The number of nitrogens with zero attached hydrogens (tertiary/aromatic N) is 3. The van der Waals surface area contributed by atoms with E-state index in [1.807, 2.05) is 10.6 Å². The summed E-state index contributed by atoms with van der Waals surface area (Å²) >= 11 is 0. The third-order valence-corrected chi connectivity index (χ3v) is 5.06. The third-order valence-electron chi connectivity index (χ3n) is 5.06. The SMILES string of the molecule is COc1cccc(NC(=O)c2cn3cc(C4CC(OC)C4)nc3cc2OC)n1. The summed E-state index contributed by atoms with van der Waals surface area (Å²) in [7, 11) is 4.79. The van der Waals surface area contributed by atoms with Gasteiger partial charge in [0.25, 0.3) is 5.91 Å². The molecule has 0 atom stereocenters. The number of aromatic nitrogens is 3. The lowest BCUT2D eigenvalue weighted by Crippen LogP contribution is -2.28. The van der Waals surface area contributed by atoms with Gasteiger partial charge in [-0.2, -0.15) is 4.98 Å². The molecule has 1 saturated carbocycles. The Morgan fingerprint density at radius 3 is 2.68 bits per heavy atom.